The summed E-state index contributed by atoms with van der Waals surface area (Å²) in [4.78, 5) is 4.10. The molecule has 23 heavy (non-hydrogen) atoms. The summed E-state index contributed by atoms with van der Waals surface area (Å²) in [5.41, 5.74) is 0.470. The zero-order valence-corrected chi connectivity index (χ0v) is 13.7. The highest BCUT2D eigenvalue weighted by atomic mass is 79.9. The van der Waals surface area contributed by atoms with Gasteiger partial charge < -0.3 is 4.74 Å². The van der Waals surface area contributed by atoms with Crippen LogP contribution in [0.5, 0.6) is 5.75 Å². The molecule has 1 unspecified atom stereocenters. The van der Waals surface area contributed by atoms with Crippen molar-refractivity contribution >= 4 is 27.2 Å². The minimum Gasteiger partial charge on any atom is -0.406 e. The molecule has 0 aliphatic heterocycles. The Morgan fingerprint density at radius 2 is 2.00 bits per heavy atom. The van der Waals surface area contributed by atoms with Crippen molar-refractivity contribution in [2.75, 3.05) is 6.54 Å². The summed E-state index contributed by atoms with van der Waals surface area (Å²) in [7, 11) is 0. The number of nitrogens with one attached hydrogen (secondary N) is 1. The Morgan fingerprint density at radius 1 is 1.35 bits per heavy atom. The largest absolute Gasteiger partial charge is 0.573 e. The van der Waals surface area contributed by atoms with Gasteiger partial charge in [-0.05, 0) is 40.2 Å². The number of benzene rings is 1. The Hall–Kier alpha value is -1.50. The van der Waals surface area contributed by atoms with E-state index in [9.17, 15) is 17.4 Å². The molecule has 0 fully saturated rings. The first kappa shape index (κ1) is 17.8. The predicted molar refractivity (Wildman–Crippen MR) is 78.2 cm³/mol. The molecule has 0 spiro atoms. The third-order valence-corrected chi connectivity index (χ3v) is 3.32. The first-order chi connectivity index (χ1) is 10.7. The molecule has 12 heteroatoms. The third kappa shape index (κ3) is 5.57. The Kier molecular flexibility index (Phi) is 5.73. The molecular formula is C11H10BrF3N4O3S. The van der Waals surface area contributed by atoms with Crippen LogP contribution in [0.15, 0.2) is 29.0 Å². The van der Waals surface area contributed by atoms with Gasteiger partial charge in [0.25, 0.3) is 0 Å². The number of rotatable bonds is 6. The standard InChI is InChI=1S/C11H10BrF3N4O3S/c12-10-17-9(5-6-16-23(20)21)19(18-10)7-1-3-8(4-2-7)22-11(13,14)15/h1-4,16H,5-6H2,(H,20,21). The summed E-state index contributed by atoms with van der Waals surface area (Å²) in [5.74, 6) is 0.110. The summed E-state index contributed by atoms with van der Waals surface area (Å²) in [6.07, 6.45) is -4.47. The molecule has 2 aromatic rings. The van der Waals surface area contributed by atoms with Crippen molar-refractivity contribution in [2.45, 2.75) is 12.8 Å². The lowest BCUT2D eigenvalue weighted by atomic mass is 10.3. The fraction of sp³-hybridized carbons (Fsp3) is 0.273. The van der Waals surface area contributed by atoms with Gasteiger partial charge >= 0.3 is 6.36 Å². The van der Waals surface area contributed by atoms with Crippen molar-refractivity contribution in [3.05, 3.63) is 34.8 Å². The molecule has 0 bridgehead atoms. The van der Waals surface area contributed by atoms with Crippen molar-refractivity contribution in [3.63, 3.8) is 0 Å². The molecule has 0 aliphatic rings. The van der Waals surface area contributed by atoms with Gasteiger partial charge in [-0.1, -0.05) is 0 Å². The predicted octanol–water partition coefficient (Wildman–Crippen LogP) is 2.20. The van der Waals surface area contributed by atoms with Gasteiger partial charge in [-0.15, -0.1) is 18.3 Å². The molecule has 1 atom stereocenters. The molecule has 0 saturated carbocycles. The van der Waals surface area contributed by atoms with Gasteiger partial charge in [0, 0.05) is 13.0 Å². The second-order valence-corrected chi connectivity index (χ2v) is 5.64. The number of nitrogens with zero attached hydrogens (tertiary/aromatic N) is 3. The van der Waals surface area contributed by atoms with Crippen molar-refractivity contribution in [1.29, 1.82) is 0 Å². The summed E-state index contributed by atoms with van der Waals surface area (Å²) >= 11 is 0.970. The second kappa shape index (κ2) is 7.38. The number of ether oxygens (including phenoxy) is 1. The van der Waals surface area contributed by atoms with Gasteiger partial charge in [-0.3, -0.25) is 4.55 Å². The fourth-order valence-electron chi connectivity index (χ4n) is 1.72. The van der Waals surface area contributed by atoms with Crippen LogP contribution in [-0.4, -0.2) is 36.4 Å². The number of hydrogen-bond acceptors (Lipinski definition) is 4. The SMILES string of the molecule is O=S(O)NCCc1nc(Br)nn1-c1ccc(OC(F)(F)F)cc1. The van der Waals surface area contributed by atoms with Gasteiger partial charge in [0.05, 0.1) is 5.69 Å². The molecule has 2 rings (SSSR count). The second-order valence-electron chi connectivity index (χ2n) is 4.14. The Morgan fingerprint density at radius 3 is 2.57 bits per heavy atom. The lowest BCUT2D eigenvalue weighted by molar-refractivity contribution is -0.274. The van der Waals surface area contributed by atoms with Crippen LogP contribution in [0.4, 0.5) is 13.2 Å². The quantitative estimate of drug-likeness (QED) is 0.707. The van der Waals surface area contributed by atoms with Crippen LogP contribution in [0.25, 0.3) is 5.69 Å². The first-order valence-electron chi connectivity index (χ1n) is 6.06. The van der Waals surface area contributed by atoms with Crippen molar-refractivity contribution in [1.82, 2.24) is 19.5 Å². The van der Waals surface area contributed by atoms with E-state index < -0.39 is 17.6 Å². The van der Waals surface area contributed by atoms with Gasteiger partial charge in [-0.25, -0.2) is 18.6 Å². The molecular weight excluding hydrogens is 405 g/mol. The summed E-state index contributed by atoms with van der Waals surface area (Å²) in [6, 6.07) is 5.10. The Labute approximate surface area is 139 Å². The maximum atomic E-state index is 12.1. The van der Waals surface area contributed by atoms with E-state index >= 15 is 0 Å². The van der Waals surface area contributed by atoms with Gasteiger partial charge in [-0.2, -0.15) is 0 Å². The zero-order chi connectivity index (χ0) is 17.0. The number of alkyl halides is 3. The van der Waals surface area contributed by atoms with Gasteiger partial charge in [0.1, 0.15) is 11.6 Å². The van der Waals surface area contributed by atoms with Crippen LogP contribution in [0.2, 0.25) is 0 Å². The maximum Gasteiger partial charge on any atom is 0.573 e. The average Bonchev–Trinajstić information content (AvgIpc) is 2.78. The van der Waals surface area contributed by atoms with E-state index in [0.717, 1.165) is 12.1 Å². The highest BCUT2D eigenvalue weighted by molar-refractivity contribution is 9.10. The van der Waals surface area contributed by atoms with Gasteiger partial charge in [0.2, 0.25) is 16.0 Å². The molecule has 2 N–H and O–H groups in total. The van der Waals surface area contributed by atoms with Crippen molar-refractivity contribution in [3.8, 4) is 11.4 Å². The fourth-order valence-corrected chi connectivity index (χ4v) is 2.36. The van der Waals surface area contributed by atoms with E-state index in [2.05, 4.69) is 35.5 Å². The molecule has 1 aromatic carbocycles. The number of hydrogen-bond donors (Lipinski definition) is 2. The minimum atomic E-state index is -4.76. The Bertz CT molecular complexity index is 693. The maximum absolute atomic E-state index is 12.1. The van der Waals surface area contributed by atoms with Crippen LogP contribution in [0.3, 0.4) is 0 Å². The highest BCUT2D eigenvalue weighted by Gasteiger charge is 2.31. The smallest absolute Gasteiger partial charge is 0.406 e. The van der Waals surface area contributed by atoms with Crippen LogP contribution >= 0.6 is 15.9 Å². The highest BCUT2D eigenvalue weighted by Crippen LogP contribution is 2.24. The molecule has 0 saturated heterocycles. The number of aromatic nitrogens is 3. The topological polar surface area (TPSA) is 89.3 Å². The van der Waals surface area contributed by atoms with Crippen LogP contribution in [0, 0.1) is 0 Å². The molecule has 0 radical (unpaired) electrons. The summed E-state index contributed by atoms with van der Waals surface area (Å²) in [6.45, 7) is 0.170. The lowest BCUT2D eigenvalue weighted by Gasteiger charge is -2.10. The van der Waals surface area contributed by atoms with E-state index in [1.807, 2.05) is 0 Å². The molecule has 126 valence electrons. The summed E-state index contributed by atoms with van der Waals surface area (Å²) < 4.78 is 63.4. The molecule has 1 heterocycles. The van der Waals surface area contributed by atoms with Crippen LogP contribution in [0.1, 0.15) is 5.82 Å². The van der Waals surface area contributed by atoms with Crippen LogP contribution < -0.4 is 9.46 Å². The molecule has 0 amide bonds. The third-order valence-electron chi connectivity index (χ3n) is 2.54. The van der Waals surface area contributed by atoms with Crippen LogP contribution in [-0.2, 0) is 17.7 Å². The monoisotopic (exact) mass is 414 g/mol. The van der Waals surface area contributed by atoms with Crippen molar-refractivity contribution in [2.24, 2.45) is 0 Å². The molecule has 1 aromatic heterocycles. The van der Waals surface area contributed by atoms with E-state index in [1.54, 1.807) is 0 Å². The number of halogens is 4. The van der Waals surface area contributed by atoms with E-state index in [4.69, 9.17) is 4.55 Å². The average molecular weight is 415 g/mol. The van der Waals surface area contributed by atoms with Gasteiger partial charge in [0.15, 0.2) is 0 Å². The normalized spacial score (nSPS) is 13.1. The zero-order valence-electron chi connectivity index (χ0n) is 11.2. The molecule has 0 aliphatic carbocycles. The first-order valence-corrected chi connectivity index (χ1v) is 7.96. The Balaban J connectivity index is 2.16. The summed E-state index contributed by atoms with van der Waals surface area (Å²) in [5, 5.41) is 4.08. The van der Waals surface area contributed by atoms with E-state index in [0.29, 0.717) is 11.5 Å². The van der Waals surface area contributed by atoms with E-state index in [1.165, 1.54) is 16.8 Å². The molecule has 7 nitrogen and oxygen atoms in total. The van der Waals surface area contributed by atoms with E-state index in [-0.39, 0.29) is 23.4 Å². The lowest BCUT2D eigenvalue weighted by Crippen LogP contribution is -2.20. The van der Waals surface area contributed by atoms with Crippen molar-refractivity contribution < 1.29 is 26.7 Å². The minimum absolute atomic E-state index is 0.170.